The first-order chi connectivity index (χ1) is 12.7. The van der Waals surface area contributed by atoms with Gasteiger partial charge in [0.25, 0.3) is 5.22 Å². The number of carbonyl (C=O) groups excluding carboxylic acids is 1. The molecule has 0 aliphatic rings. The zero-order valence-corrected chi connectivity index (χ0v) is 15.0. The third-order valence-corrected chi connectivity index (χ3v) is 4.18. The summed E-state index contributed by atoms with van der Waals surface area (Å²) in [5, 5.41) is 13.9. The fourth-order valence-electron chi connectivity index (χ4n) is 2.05. The van der Waals surface area contributed by atoms with Crippen molar-refractivity contribution in [2.24, 2.45) is 0 Å². The van der Waals surface area contributed by atoms with Crippen molar-refractivity contribution in [2.75, 3.05) is 17.6 Å². The van der Waals surface area contributed by atoms with Crippen LogP contribution in [0.3, 0.4) is 0 Å². The van der Waals surface area contributed by atoms with Gasteiger partial charge in [0, 0.05) is 29.8 Å². The molecule has 2 aromatic heterocycles. The molecule has 3 aromatic rings. The number of carbonyl (C=O) groups is 1. The lowest BCUT2D eigenvalue weighted by molar-refractivity contribution is 0.252. The average Bonchev–Trinajstić information content (AvgIpc) is 3.11. The Morgan fingerprint density at radius 3 is 2.85 bits per heavy atom. The highest BCUT2D eigenvalue weighted by Gasteiger charge is 2.08. The highest BCUT2D eigenvalue weighted by molar-refractivity contribution is 7.99. The van der Waals surface area contributed by atoms with Crippen LogP contribution in [0.15, 0.2) is 52.2 Å². The smallest absolute Gasteiger partial charge is 0.321 e. The van der Waals surface area contributed by atoms with Gasteiger partial charge in [0.2, 0.25) is 11.8 Å². The predicted octanol–water partition coefficient (Wildman–Crippen LogP) is 3.14. The molecule has 9 heteroatoms. The molecule has 0 aliphatic carbocycles. The molecule has 1 aromatic carbocycles. The number of nitrogens with zero attached hydrogens (tertiary/aromatic N) is 4. The largest absolute Gasteiger partial charge is 0.411 e. The van der Waals surface area contributed by atoms with Gasteiger partial charge in [-0.1, -0.05) is 30.0 Å². The molecule has 134 valence electrons. The second-order valence-corrected chi connectivity index (χ2v) is 6.39. The summed E-state index contributed by atoms with van der Waals surface area (Å²) < 4.78 is 5.61. The van der Waals surface area contributed by atoms with Crippen molar-refractivity contribution in [3.63, 3.8) is 0 Å². The Kier molecular flexibility index (Phi) is 6.15. The van der Waals surface area contributed by atoms with Crippen molar-refractivity contribution in [1.82, 2.24) is 25.5 Å². The van der Waals surface area contributed by atoms with Gasteiger partial charge in [-0.2, -0.15) is 0 Å². The lowest BCUT2D eigenvalue weighted by Crippen LogP contribution is -2.30. The summed E-state index contributed by atoms with van der Waals surface area (Å²) in [6.07, 6.45) is 2.36. The zero-order chi connectivity index (χ0) is 18.2. The summed E-state index contributed by atoms with van der Waals surface area (Å²) in [6, 6.07) is 11.1. The van der Waals surface area contributed by atoms with Gasteiger partial charge in [0.05, 0.1) is 0 Å². The second kappa shape index (κ2) is 8.95. The van der Waals surface area contributed by atoms with Crippen LogP contribution in [0.4, 0.5) is 10.7 Å². The second-order valence-electron chi connectivity index (χ2n) is 5.34. The number of hydrogen-bond acceptors (Lipinski definition) is 7. The van der Waals surface area contributed by atoms with Crippen LogP contribution in [-0.2, 0) is 0 Å². The summed E-state index contributed by atoms with van der Waals surface area (Å²) in [7, 11) is 0. The molecule has 0 bridgehead atoms. The van der Waals surface area contributed by atoms with Gasteiger partial charge in [-0.15, -0.1) is 10.2 Å². The topological polar surface area (TPSA) is 106 Å². The van der Waals surface area contributed by atoms with Crippen molar-refractivity contribution in [3.05, 3.63) is 48.3 Å². The van der Waals surface area contributed by atoms with Crippen LogP contribution in [0.1, 0.15) is 12.1 Å². The van der Waals surface area contributed by atoms with Gasteiger partial charge < -0.3 is 9.73 Å². The molecule has 0 fully saturated rings. The molecule has 0 saturated carbocycles. The first-order valence-electron chi connectivity index (χ1n) is 8.07. The number of rotatable bonds is 7. The standard InChI is InChI=1S/C17H18N6O2S/c1-12-8-10-18-15(20-12)21-16(24)19-9-5-11-26-17-23-22-14(25-17)13-6-3-2-4-7-13/h2-4,6-8,10H,5,9,11H2,1H3,(H2,18,19,20,21,24). The molecule has 0 unspecified atom stereocenters. The van der Waals surface area contributed by atoms with Gasteiger partial charge >= 0.3 is 6.03 Å². The SMILES string of the molecule is Cc1ccnc(NC(=O)NCCCSc2nnc(-c3ccccc3)o2)n1. The Morgan fingerprint density at radius 2 is 2.04 bits per heavy atom. The number of amides is 2. The van der Waals surface area contributed by atoms with E-state index in [-0.39, 0.29) is 12.0 Å². The highest BCUT2D eigenvalue weighted by atomic mass is 32.2. The number of hydrogen-bond donors (Lipinski definition) is 2. The third-order valence-electron chi connectivity index (χ3n) is 3.28. The summed E-state index contributed by atoms with van der Waals surface area (Å²) >= 11 is 1.46. The van der Waals surface area contributed by atoms with Crippen molar-refractivity contribution in [2.45, 2.75) is 18.6 Å². The van der Waals surface area contributed by atoms with Gasteiger partial charge in [0.1, 0.15) is 0 Å². The average molecular weight is 370 g/mol. The molecule has 0 radical (unpaired) electrons. The van der Waals surface area contributed by atoms with Crippen LogP contribution < -0.4 is 10.6 Å². The molecular weight excluding hydrogens is 352 g/mol. The van der Waals surface area contributed by atoms with Crippen molar-refractivity contribution in [3.8, 4) is 11.5 Å². The molecule has 2 N–H and O–H groups in total. The van der Waals surface area contributed by atoms with E-state index < -0.39 is 0 Å². The summed E-state index contributed by atoms with van der Waals surface area (Å²) in [6.45, 7) is 2.35. The van der Waals surface area contributed by atoms with Crippen molar-refractivity contribution in [1.29, 1.82) is 0 Å². The fourth-order valence-corrected chi connectivity index (χ4v) is 2.75. The van der Waals surface area contributed by atoms with E-state index in [0.29, 0.717) is 17.7 Å². The maximum atomic E-state index is 11.8. The molecule has 26 heavy (non-hydrogen) atoms. The van der Waals surface area contributed by atoms with Gasteiger partial charge in [-0.05, 0) is 31.5 Å². The van der Waals surface area contributed by atoms with Crippen LogP contribution in [-0.4, -0.2) is 38.5 Å². The van der Waals surface area contributed by atoms with E-state index in [9.17, 15) is 4.79 Å². The minimum atomic E-state index is -0.329. The Bertz CT molecular complexity index is 855. The van der Waals surface area contributed by atoms with E-state index >= 15 is 0 Å². The first-order valence-corrected chi connectivity index (χ1v) is 9.05. The summed E-state index contributed by atoms with van der Waals surface area (Å²) in [5.74, 6) is 1.54. The number of thioether (sulfide) groups is 1. The minimum absolute atomic E-state index is 0.288. The number of urea groups is 1. The minimum Gasteiger partial charge on any atom is -0.411 e. The maximum absolute atomic E-state index is 11.8. The predicted molar refractivity (Wildman–Crippen MR) is 98.9 cm³/mol. The number of aryl methyl sites for hydroxylation is 1. The number of anilines is 1. The molecule has 0 atom stereocenters. The monoisotopic (exact) mass is 370 g/mol. The Balaban J connectivity index is 1.36. The molecule has 0 spiro atoms. The van der Waals surface area contributed by atoms with Crippen LogP contribution in [0.25, 0.3) is 11.5 Å². The summed E-state index contributed by atoms with van der Waals surface area (Å²) in [4.78, 5) is 19.9. The lowest BCUT2D eigenvalue weighted by atomic mass is 10.2. The molecule has 0 aliphatic heterocycles. The van der Waals surface area contributed by atoms with Crippen LogP contribution in [0, 0.1) is 6.92 Å². The molecule has 0 saturated heterocycles. The fraction of sp³-hybridized carbons (Fsp3) is 0.235. The van der Waals surface area contributed by atoms with Crippen LogP contribution in [0.5, 0.6) is 0 Å². The quantitative estimate of drug-likeness (QED) is 0.486. The lowest BCUT2D eigenvalue weighted by Gasteiger charge is -2.06. The molecular formula is C17H18N6O2S. The van der Waals surface area contributed by atoms with Crippen LogP contribution >= 0.6 is 11.8 Å². The molecule has 8 nitrogen and oxygen atoms in total. The van der Waals surface area contributed by atoms with Gasteiger partial charge in [-0.25, -0.2) is 14.8 Å². The van der Waals surface area contributed by atoms with Gasteiger partial charge in [-0.3, -0.25) is 5.32 Å². The Morgan fingerprint density at radius 1 is 1.19 bits per heavy atom. The van der Waals surface area contributed by atoms with E-state index in [0.717, 1.165) is 23.4 Å². The third kappa shape index (κ3) is 5.28. The van der Waals surface area contributed by atoms with Crippen LogP contribution in [0.2, 0.25) is 0 Å². The number of aromatic nitrogens is 4. The van der Waals surface area contributed by atoms with E-state index in [4.69, 9.17) is 4.42 Å². The number of benzene rings is 1. The van der Waals surface area contributed by atoms with Gasteiger partial charge in [0.15, 0.2) is 0 Å². The Labute approximate surface area is 154 Å². The van der Waals surface area contributed by atoms with E-state index in [1.54, 1.807) is 12.3 Å². The van der Waals surface area contributed by atoms with E-state index in [2.05, 4.69) is 30.8 Å². The normalized spacial score (nSPS) is 10.5. The van der Waals surface area contributed by atoms with E-state index in [1.807, 2.05) is 37.3 Å². The Hall–Kier alpha value is -2.94. The van der Waals surface area contributed by atoms with E-state index in [1.165, 1.54) is 11.8 Å². The molecule has 3 rings (SSSR count). The highest BCUT2D eigenvalue weighted by Crippen LogP contribution is 2.23. The zero-order valence-electron chi connectivity index (χ0n) is 14.2. The summed E-state index contributed by atoms with van der Waals surface area (Å²) in [5.41, 5.74) is 1.68. The molecule has 2 amide bonds. The van der Waals surface area contributed by atoms with Crippen molar-refractivity contribution >= 4 is 23.7 Å². The molecule has 2 heterocycles. The number of nitrogens with one attached hydrogen (secondary N) is 2. The van der Waals surface area contributed by atoms with Crippen molar-refractivity contribution < 1.29 is 9.21 Å². The maximum Gasteiger partial charge on any atom is 0.321 e. The first kappa shape index (κ1) is 17.9.